The van der Waals surface area contributed by atoms with Gasteiger partial charge in [-0.1, -0.05) is 12.1 Å². The highest BCUT2D eigenvalue weighted by atomic mass is 32.2. The lowest BCUT2D eigenvalue weighted by Crippen LogP contribution is -2.49. The maximum atomic E-state index is 13.6. The molecule has 1 N–H and O–H groups in total. The summed E-state index contributed by atoms with van der Waals surface area (Å²) in [4.78, 5) is 15.3. The first-order valence-electron chi connectivity index (χ1n) is 11.6. The third-order valence-electron chi connectivity index (χ3n) is 6.38. The molecule has 10 heteroatoms. The second kappa shape index (κ2) is 10.1. The number of benzene rings is 2. The van der Waals surface area contributed by atoms with E-state index in [1.165, 1.54) is 26.3 Å². The number of hydrogen-bond donors (Lipinski definition) is 1. The van der Waals surface area contributed by atoms with E-state index in [0.717, 1.165) is 5.69 Å². The molecule has 1 fully saturated rings. The highest BCUT2D eigenvalue weighted by molar-refractivity contribution is 7.89. The minimum atomic E-state index is -3.96. The van der Waals surface area contributed by atoms with Crippen molar-refractivity contribution in [3.63, 3.8) is 0 Å². The van der Waals surface area contributed by atoms with Gasteiger partial charge in [0.25, 0.3) is 15.9 Å². The molecule has 0 spiro atoms. The van der Waals surface area contributed by atoms with Crippen molar-refractivity contribution in [3.8, 4) is 5.75 Å². The van der Waals surface area contributed by atoms with Crippen LogP contribution in [-0.4, -0.2) is 61.7 Å². The van der Waals surface area contributed by atoms with Crippen LogP contribution in [0, 0.1) is 13.8 Å². The van der Waals surface area contributed by atoms with Gasteiger partial charge in [-0.05, 0) is 62.2 Å². The summed E-state index contributed by atoms with van der Waals surface area (Å²) in [7, 11) is -2.40. The van der Waals surface area contributed by atoms with E-state index in [4.69, 9.17) is 4.74 Å². The van der Waals surface area contributed by atoms with Crippen LogP contribution in [0.15, 0.2) is 53.7 Å². The molecular formula is C25H31N5O4S. The van der Waals surface area contributed by atoms with E-state index in [9.17, 15) is 13.2 Å². The molecule has 1 aliphatic rings. The summed E-state index contributed by atoms with van der Waals surface area (Å²) < 4.78 is 35.2. The van der Waals surface area contributed by atoms with E-state index in [0.29, 0.717) is 44.2 Å². The van der Waals surface area contributed by atoms with Crippen LogP contribution < -0.4 is 15.0 Å². The smallest absolute Gasteiger partial charge is 0.263 e. The SMILES string of the molecule is CCn1cc(C(=O)Nc2ccc(OC)cc2)c(S(=O)(=O)N2CCN(c3cccc(C)c3C)CC2)n1. The Kier molecular flexibility index (Phi) is 7.13. The standard InChI is InChI=1S/C25H31N5O4S/c1-5-29-17-22(24(31)26-20-9-11-21(34-4)12-10-20)25(27-29)35(32,33)30-15-13-28(14-16-30)23-8-6-7-18(2)19(23)3/h6-12,17H,5,13-16H2,1-4H3,(H,26,31). The fourth-order valence-corrected chi connectivity index (χ4v) is 5.67. The van der Waals surface area contributed by atoms with Crippen molar-refractivity contribution >= 4 is 27.3 Å². The van der Waals surface area contributed by atoms with Crippen molar-refractivity contribution in [3.05, 3.63) is 65.4 Å². The third-order valence-corrected chi connectivity index (χ3v) is 8.22. The number of anilines is 2. The van der Waals surface area contributed by atoms with E-state index >= 15 is 0 Å². The number of carbonyl (C=O) groups is 1. The topological polar surface area (TPSA) is 96.8 Å². The van der Waals surface area contributed by atoms with Gasteiger partial charge in [0.2, 0.25) is 5.03 Å². The molecule has 0 aliphatic carbocycles. The summed E-state index contributed by atoms with van der Waals surface area (Å²) in [5.41, 5.74) is 4.08. The number of aryl methyl sites for hydroxylation is 2. The molecule has 0 bridgehead atoms. The highest BCUT2D eigenvalue weighted by Crippen LogP contribution is 2.27. The molecule has 0 atom stereocenters. The average molecular weight is 498 g/mol. The first-order chi connectivity index (χ1) is 16.7. The number of nitrogens with zero attached hydrogens (tertiary/aromatic N) is 4. The van der Waals surface area contributed by atoms with E-state index < -0.39 is 15.9 Å². The lowest BCUT2D eigenvalue weighted by Gasteiger charge is -2.36. The zero-order valence-electron chi connectivity index (χ0n) is 20.5. The Morgan fingerprint density at radius 1 is 1.06 bits per heavy atom. The number of ether oxygens (including phenoxy) is 1. The Labute approximate surface area is 206 Å². The molecule has 0 unspecified atom stereocenters. The minimum absolute atomic E-state index is 0.0274. The highest BCUT2D eigenvalue weighted by Gasteiger charge is 2.35. The molecule has 2 heterocycles. The molecule has 186 valence electrons. The fraction of sp³-hybridized carbons (Fsp3) is 0.360. The lowest BCUT2D eigenvalue weighted by atomic mass is 10.1. The zero-order chi connectivity index (χ0) is 25.2. The van der Waals surface area contributed by atoms with Gasteiger partial charge in [0.1, 0.15) is 5.75 Å². The Bertz CT molecular complexity index is 1310. The average Bonchev–Trinajstić information content (AvgIpc) is 3.32. The Hall–Kier alpha value is -3.37. The number of methoxy groups -OCH3 is 1. The summed E-state index contributed by atoms with van der Waals surface area (Å²) in [6, 6.07) is 13.0. The molecule has 0 saturated carbocycles. The minimum Gasteiger partial charge on any atom is -0.497 e. The number of amides is 1. The van der Waals surface area contributed by atoms with E-state index in [1.807, 2.05) is 13.0 Å². The van der Waals surface area contributed by atoms with Crippen molar-refractivity contribution in [2.75, 3.05) is 43.5 Å². The van der Waals surface area contributed by atoms with Crippen molar-refractivity contribution in [2.45, 2.75) is 32.3 Å². The van der Waals surface area contributed by atoms with Gasteiger partial charge in [0, 0.05) is 50.3 Å². The van der Waals surface area contributed by atoms with Crippen LogP contribution in [0.5, 0.6) is 5.75 Å². The Morgan fingerprint density at radius 3 is 2.37 bits per heavy atom. The maximum Gasteiger partial charge on any atom is 0.263 e. The molecule has 2 aromatic carbocycles. The molecular weight excluding hydrogens is 466 g/mol. The Balaban J connectivity index is 1.54. The molecule has 0 radical (unpaired) electrons. The summed E-state index contributed by atoms with van der Waals surface area (Å²) in [6.45, 7) is 8.19. The molecule has 3 aromatic rings. The summed E-state index contributed by atoms with van der Waals surface area (Å²) >= 11 is 0. The first-order valence-corrected chi connectivity index (χ1v) is 13.0. The van der Waals surface area contributed by atoms with Gasteiger partial charge in [-0.2, -0.15) is 9.40 Å². The normalized spacial score (nSPS) is 14.7. The predicted octanol–water partition coefficient (Wildman–Crippen LogP) is 3.29. The second-order valence-corrected chi connectivity index (χ2v) is 10.3. The van der Waals surface area contributed by atoms with Crippen LogP contribution in [0.2, 0.25) is 0 Å². The number of nitrogens with one attached hydrogen (secondary N) is 1. The quantitative estimate of drug-likeness (QED) is 0.538. The number of rotatable bonds is 7. The molecule has 1 saturated heterocycles. The van der Waals surface area contributed by atoms with Crippen LogP contribution in [0.3, 0.4) is 0 Å². The monoisotopic (exact) mass is 497 g/mol. The van der Waals surface area contributed by atoms with Crippen LogP contribution in [0.4, 0.5) is 11.4 Å². The summed E-state index contributed by atoms with van der Waals surface area (Å²) in [6.07, 6.45) is 1.48. The van der Waals surface area contributed by atoms with E-state index in [1.54, 1.807) is 31.4 Å². The Morgan fingerprint density at radius 2 is 1.74 bits per heavy atom. The number of carbonyl (C=O) groups excluding carboxylic acids is 1. The third kappa shape index (κ3) is 5.03. The molecule has 9 nitrogen and oxygen atoms in total. The van der Waals surface area contributed by atoms with Crippen molar-refractivity contribution < 1.29 is 17.9 Å². The number of piperazine rings is 1. The van der Waals surface area contributed by atoms with Gasteiger partial charge in [0.05, 0.1) is 12.7 Å². The van der Waals surface area contributed by atoms with Crippen LogP contribution in [0.1, 0.15) is 28.4 Å². The molecule has 4 rings (SSSR count). The van der Waals surface area contributed by atoms with E-state index in [2.05, 4.69) is 41.3 Å². The van der Waals surface area contributed by atoms with Crippen LogP contribution in [-0.2, 0) is 16.6 Å². The van der Waals surface area contributed by atoms with Crippen LogP contribution >= 0.6 is 0 Å². The van der Waals surface area contributed by atoms with Crippen molar-refractivity contribution in [1.29, 1.82) is 0 Å². The molecule has 1 aliphatic heterocycles. The molecule has 1 aromatic heterocycles. The summed E-state index contributed by atoms with van der Waals surface area (Å²) in [5, 5.41) is 6.81. The number of aromatic nitrogens is 2. The zero-order valence-corrected chi connectivity index (χ0v) is 21.3. The predicted molar refractivity (Wildman–Crippen MR) is 136 cm³/mol. The van der Waals surface area contributed by atoms with Gasteiger partial charge >= 0.3 is 0 Å². The van der Waals surface area contributed by atoms with Gasteiger partial charge < -0.3 is 15.0 Å². The van der Waals surface area contributed by atoms with Gasteiger partial charge in [-0.15, -0.1) is 0 Å². The first kappa shape index (κ1) is 24.7. The number of sulfonamides is 1. The lowest BCUT2D eigenvalue weighted by molar-refractivity contribution is 0.102. The van der Waals surface area contributed by atoms with Crippen LogP contribution in [0.25, 0.3) is 0 Å². The maximum absolute atomic E-state index is 13.6. The van der Waals surface area contributed by atoms with Crippen molar-refractivity contribution in [2.24, 2.45) is 0 Å². The van der Waals surface area contributed by atoms with E-state index in [-0.39, 0.29) is 10.6 Å². The van der Waals surface area contributed by atoms with Crippen molar-refractivity contribution in [1.82, 2.24) is 14.1 Å². The summed E-state index contributed by atoms with van der Waals surface area (Å²) in [5.74, 6) is 0.132. The number of hydrogen-bond acceptors (Lipinski definition) is 6. The second-order valence-electron chi connectivity index (χ2n) is 8.50. The van der Waals surface area contributed by atoms with Gasteiger partial charge in [-0.25, -0.2) is 8.42 Å². The van der Waals surface area contributed by atoms with Gasteiger partial charge in [0.15, 0.2) is 0 Å². The molecule has 35 heavy (non-hydrogen) atoms. The largest absolute Gasteiger partial charge is 0.497 e. The van der Waals surface area contributed by atoms with Gasteiger partial charge in [-0.3, -0.25) is 9.48 Å². The molecule has 1 amide bonds. The fourth-order valence-electron chi connectivity index (χ4n) is 4.15.